The summed E-state index contributed by atoms with van der Waals surface area (Å²) in [6.45, 7) is 0.545. The van der Waals surface area contributed by atoms with E-state index < -0.39 is 9.84 Å². The first-order valence-electron chi connectivity index (χ1n) is 6.12. The summed E-state index contributed by atoms with van der Waals surface area (Å²) in [5.74, 6) is 0.159. The van der Waals surface area contributed by atoms with Crippen molar-refractivity contribution in [3.8, 4) is 0 Å². The number of nitrogens with two attached hydrogens (primary N) is 1. The third kappa shape index (κ3) is 3.83. The van der Waals surface area contributed by atoms with Gasteiger partial charge in [0.1, 0.15) is 9.84 Å². The molecule has 3 N–H and O–H groups in total. The predicted octanol–water partition coefficient (Wildman–Crippen LogP) is 2.43. The van der Waals surface area contributed by atoms with E-state index >= 15 is 0 Å². The molecule has 2 aromatic rings. The fourth-order valence-corrected chi connectivity index (χ4v) is 2.96. The molecule has 0 aliphatic carbocycles. The summed E-state index contributed by atoms with van der Waals surface area (Å²) in [7, 11) is -2.93. The number of sulfone groups is 1. The number of nitrogen functional groups attached to an aromatic ring is 1. The number of hydrogen-bond acceptors (Lipinski definition) is 5. The van der Waals surface area contributed by atoms with Gasteiger partial charge < -0.3 is 11.1 Å². The lowest BCUT2D eigenvalue weighted by molar-refractivity contribution is 0.600. The second kappa shape index (κ2) is 5.97. The van der Waals surface area contributed by atoms with E-state index in [0.717, 1.165) is 21.1 Å². The number of hydrogen-bond donors (Lipinski definition) is 2. The van der Waals surface area contributed by atoms with Gasteiger partial charge >= 0.3 is 0 Å². The molecule has 0 unspecified atom stereocenters. The van der Waals surface area contributed by atoms with Gasteiger partial charge in [0.25, 0.3) is 0 Å². The smallest absolute Gasteiger partial charge is 0.147 e. The van der Waals surface area contributed by atoms with Crippen LogP contribution in [0.2, 0.25) is 0 Å². The lowest BCUT2D eigenvalue weighted by Gasteiger charge is -2.12. The Morgan fingerprint density at radius 2 is 2.15 bits per heavy atom. The number of halogens is 1. The Bertz CT molecular complexity index is 726. The monoisotopic (exact) mass is 357 g/mol. The Kier molecular flexibility index (Phi) is 4.49. The van der Waals surface area contributed by atoms with Crippen molar-refractivity contribution in [2.45, 2.75) is 6.42 Å². The first-order valence-corrected chi connectivity index (χ1v) is 8.97. The van der Waals surface area contributed by atoms with Crippen molar-refractivity contribution in [2.75, 3.05) is 29.6 Å². The maximum absolute atomic E-state index is 11.1. The number of anilines is 2. The third-order valence-electron chi connectivity index (χ3n) is 2.85. The molecule has 2 rings (SSSR count). The van der Waals surface area contributed by atoms with Crippen LogP contribution in [0.3, 0.4) is 0 Å². The molecule has 7 heteroatoms. The lowest BCUT2D eigenvalue weighted by atomic mass is 10.1. The van der Waals surface area contributed by atoms with Gasteiger partial charge in [-0.05, 0) is 24.6 Å². The third-order valence-corrected chi connectivity index (χ3v) is 4.38. The van der Waals surface area contributed by atoms with Crippen LogP contribution in [0.15, 0.2) is 28.9 Å². The molecule has 5 nitrogen and oxygen atoms in total. The van der Waals surface area contributed by atoms with Crippen molar-refractivity contribution < 1.29 is 8.42 Å². The van der Waals surface area contributed by atoms with Crippen LogP contribution in [0, 0.1) is 0 Å². The van der Waals surface area contributed by atoms with E-state index in [2.05, 4.69) is 26.2 Å². The number of pyridine rings is 1. The maximum atomic E-state index is 11.1. The molecule has 1 aromatic carbocycles. The minimum atomic E-state index is -2.93. The summed E-state index contributed by atoms with van der Waals surface area (Å²) in [4.78, 5) is 4.27. The number of aromatic nitrogens is 1. The predicted molar refractivity (Wildman–Crippen MR) is 86.7 cm³/mol. The molecule has 1 heterocycles. The van der Waals surface area contributed by atoms with E-state index in [1.165, 1.54) is 6.26 Å². The minimum absolute atomic E-state index is 0.159. The molecule has 0 spiro atoms. The molecule has 108 valence electrons. The fourth-order valence-electron chi connectivity index (χ4n) is 1.93. The first kappa shape index (κ1) is 15.1. The van der Waals surface area contributed by atoms with Gasteiger partial charge in [-0.2, -0.15) is 0 Å². The molecular formula is C13H16BrN3O2S. The molecule has 0 fully saturated rings. The standard InChI is InChI=1S/C13H16BrN3O2S/c1-20(18,19)6-2-5-16-13-10-7-9(14)3-4-12(10)17-8-11(13)15/h3-4,7-8H,2,5-6,15H2,1H3,(H,16,17). The van der Waals surface area contributed by atoms with Crippen LogP contribution in [-0.2, 0) is 9.84 Å². The van der Waals surface area contributed by atoms with E-state index in [4.69, 9.17) is 5.73 Å². The number of nitrogens with one attached hydrogen (secondary N) is 1. The number of fused-ring (bicyclic) bond motifs is 1. The van der Waals surface area contributed by atoms with Gasteiger partial charge in [-0.1, -0.05) is 15.9 Å². The highest BCUT2D eigenvalue weighted by Crippen LogP contribution is 2.29. The average molecular weight is 358 g/mol. The summed E-state index contributed by atoms with van der Waals surface area (Å²) in [6, 6.07) is 5.76. The van der Waals surface area contributed by atoms with Gasteiger partial charge in [0.05, 0.1) is 28.8 Å². The van der Waals surface area contributed by atoms with Gasteiger partial charge in [0.15, 0.2) is 0 Å². The summed E-state index contributed by atoms with van der Waals surface area (Å²) >= 11 is 3.42. The normalized spacial score (nSPS) is 11.7. The summed E-state index contributed by atoms with van der Waals surface area (Å²) in [5, 5.41) is 4.12. The van der Waals surface area contributed by atoms with Crippen LogP contribution in [0.1, 0.15) is 6.42 Å². The van der Waals surface area contributed by atoms with Crippen molar-refractivity contribution in [3.63, 3.8) is 0 Å². The van der Waals surface area contributed by atoms with Gasteiger partial charge in [0, 0.05) is 22.7 Å². The Hall–Kier alpha value is -1.34. The van der Waals surface area contributed by atoms with Crippen molar-refractivity contribution in [1.82, 2.24) is 4.98 Å². The Labute approximate surface area is 126 Å². The molecule has 20 heavy (non-hydrogen) atoms. The van der Waals surface area contributed by atoms with Crippen LogP contribution in [0.4, 0.5) is 11.4 Å². The largest absolute Gasteiger partial charge is 0.396 e. The van der Waals surface area contributed by atoms with Crippen LogP contribution >= 0.6 is 15.9 Å². The second-order valence-corrected chi connectivity index (χ2v) is 7.84. The molecule has 0 aliphatic rings. The summed E-state index contributed by atoms with van der Waals surface area (Å²) < 4.78 is 23.1. The Morgan fingerprint density at radius 3 is 2.85 bits per heavy atom. The van der Waals surface area contributed by atoms with Crippen LogP contribution < -0.4 is 11.1 Å². The lowest BCUT2D eigenvalue weighted by Crippen LogP contribution is -2.11. The number of benzene rings is 1. The zero-order valence-corrected chi connectivity index (χ0v) is 13.5. The molecule has 0 aliphatic heterocycles. The van der Waals surface area contributed by atoms with E-state index in [-0.39, 0.29) is 5.75 Å². The topological polar surface area (TPSA) is 85.1 Å². The molecule has 0 bridgehead atoms. The zero-order valence-electron chi connectivity index (χ0n) is 11.1. The molecule has 0 saturated carbocycles. The summed E-state index contributed by atoms with van der Waals surface area (Å²) in [6.07, 6.45) is 3.38. The minimum Gasteiger partial charge on any atom is -0.396 e. The van der Waals surface area contributed by atoms with Crippen LogP contribution in [0.25, 0.3) is 10.9 Å². The average Bonchev–Trinajstić information content (AvgIpc) is 2.35. The van der Waals surface area contributed by atoms with E-state index in [1.54, 1.807) is 6.20 Å². The van der Waals surface area contributed by atoms with E-state index in [9.17, 15) is 8.42 Å². The fraction of sp³-hybridized carbons (Fsp3) is 0.308. The van der Waals surface area contributed by atoms with E-state index in [0.29, 0.717) is 18.7 Å². The van der Waals surface area contributed by atoms with Crippen molar-refractivity contribution in [2.24, 2.45) is 0 Å². The van der Waals surface area contributed by atoms with Gasteiger partial charge in [-0.15, -0.1) is 0 Å². The first-order chi connectivity index (χ1) is 9.37. The highest BCUT2D eigenvalue weighted by molar-refractivity contribution is 9.10. The molecule has 0 saturated heterocycles. The SMILES string of the molecule is CS(=O)(=O)CCCNc1c(N)cnc2ccc(Br)cc12. The molecule has 0 amide bonds. The van der Waals surface area contributed by atoms with E-state index in [1.807, 2.05) is 18.2 Å². The quantitative estimate of drug-likeness (QED) is 0.802. The van der Waals surface area contributed by atoms with Crippen LogP contribution in [0.5, 0.6) is 0 Å². The van der Waals surface area contributed by atoms with Gasteiger partial charge in [0.2, 0.25) is 0 Å². The molecule has 1 aromatic heterocycles. The Morgan fingerprint density at radius 1 is 1.40 bits per heavy atom. The van der Waals surface area contributed by atoms with Crippen molar-refractivity contribution >= 4 is 48.0 Å². The molecule has 0 radical (unpaired) electrons. The number of rotatable bonds is 5. The van der Waals surface area contributed by atoms with Crippen LogP contribution in [-0.4, -0.2) is 32.0 Å². The molecule has 0 atom stereocenters. The highest BCUT2D eigenvalue weighted by Gasteiger charge is 2.08. The number of nitrogens with zero attached hydrogens (tertiary/aromatic N) is 1. The van der Waals surface area contributed by atoms with Gasteiger partial charge in [-0.3, -0.25) is 4.98 Å². The second-order valence-electron chi connectivity index (χ2n) is 4.66. The van der Waals surface area contributed by atoms with Gasteiger partial charge in [-0.25, -0.2) is 8.42 Å². The van der Waals surface area contributed by atoms with Crippen molar-refractivity contribution in [1.29, 1.82) is 0 Å². The summed E-state index contributed by atoms with van der Waals surface area (Å²) in [5.41, 5.74) is 8.13. The zero-order chi connectivity index (χ0) is 14.8. The Balaban J connectivity index is 2.20. The molecular weight excluding hydrogens is 342 g/mol. The highest BCUT2D eigenvalue weighted by atomic mass is 79.9. The maximum Gasteiger partial charge on any atom is 0.147 e. The van der Waals surface area contributed by atoms with Crippen molar-refractivity contribution in [3.05, 3.63) is 28.9 Å².